The number of rotatable bonds is 5. The first-order valence-electron chi connectivity index (χ1n) is 5.76. The monoisotopic (exact) mass is 210 g/mol. The summed E-state index contributed by atoms with van der Waals surface area (Å²) in [7, 11) is 0. The van der Waals surface area contributed by atoms with Gasteiger partial charge in [-0.25, -0.2) is 0 Å². The summed E-state index contributed by atoms with van der Waals surface area (Å²) in [4.78, 5) is 10.7. The highest BCUT2D eigenvalue weighted by molar-refractivity contribution is 5.67. The molecule has 1 saturated heterocycles. The zero-order valence-corrected chi connectivity index (χ0v) is 9.11. The van der Waals surface area contributed by atoms with Crippen LogP contribution in [0.4, 0.5) is 0 Å². The third-order valence-electron chi connectivity index (χ3n) is 3.46. The molecule has 84 valence electrons. The summed E-state index contributed by atoms with van der Waals surface area (Å²) < 4.78 is 5.65. The van der Waals surface area contributed by atoms with E-state index in [2.05, 4.69) is 19.1 Å². The molecule has 0 spiro atoms. The number of carbonyl (C=O) groups is 1. The number of carboxylic acid groups (broad SMARTS) is 1. The van der Waals surface area contributed by atoms with Crippen molar-refractivity contribution in [2.75, 3.05) is 0 Å². The summed E-state index contributed by atoms with van der Waals surface area (Å²) in [6.07, 6.45) is 8.99. The Balaban J connectivity index is 1.98. The smallest absolute Gasteiger partial charge is 0.303 e. The average Bonchev–Trinajstić information content (AvgIpc) is 2.80. The maximum atomic E-state index is 10.7. The molecule has 1 aliphatic carbocycles. The Morgan fingerprint density at radius 2 is 2.40 bits per heavy atom. The molecule has 0 aromatic heterocycles. The number of epoxide rings is 1. The van der Waals surface area contributed by atoms with Crippen molar-refractivity contribution in [2.45, 2.75) is 50.7 Å². The summed E-state index contributed by atoms with van der Waals surface area (Å²) in [6.45, 7) is 2.14. The van der Waals surface area contributed by atoms with E-state index >= 15 is 0 Å². The van der Waals surface area contributed by atoms with Gasteiger partial charge in [0.15, 0.2) is 0 Å². The molecule has 1 heterocycles. The number of ether oxygens (including phenoxy) is 1. The van der Waals surface area contributed by atoms with E-state index < -0.39 is 5.97 Å². The van der Waals surface area contributed by atoms with Crippen LogP contribution in [-0.4, -0.2) is 22.8 Å². The molecule has 0 amide bonds. The van der Waals surface area contributed by atoms with Crippen molar-refractivity contribution in [1.82, 2.24) is 0 Å². The molecule has 0 aromatic carbocycles. The lowest BCUT2D eigenvalue weighted by atomic mass is 9.91. The van der Waals surface area contributed by atoms with Crippen molar-refractivity contribution in [2.24, 2.45) is 5.92 Å². The van der Waals surface area contributed by atoms with E-state index in [1.807, 2.05) is 0 Å². The van der Waals surface area contributed by atoms with Gasteiger partial charge in [0, 0.05) is 5.92 Å². The summed E-state index contributed by atoms with van der Waals surface area (Å²) in [5, 5.41) is 8.82. The first-order valence-corrected chi connectivity index (χ1v) is 5.76. The number of hydrogen-bond acceptors (Lipinski definition) is 2. The maximum absolute atomic E-state index is 10.7. The molecule has 2 rings (SSSR count). The predicted octanol–water partition coefficient (Wildman–Crippen LogP) is 2.37. The number of carboxylic acids is 1. The van der Waals surface area contributed by atoms with Gasteiger partial charge in [0.25, 0.3) is 0 Å². The van der Waals surface area contributed by atoms with Crippen molar-refractivity contribution in [3.63, 3.8) is 0 Å². The van der Waals surface area contributed by atoms with Crippen LogP contribution in [0, 0.1) is 5.92 Å². The second-order valence-corrected chi connectivity index (χ2v) is 4.52. The number of allylic oxidation sites excluding steroid dienone is 1. The Bertz CT molecular complexity index is 285. The highest BCUT2D eigenvalue weighted by Crippen LogP contribution is 2.55. The molecular weight excluding hydrogens is 192 g/mol. The fourth-order valence-corrected chi connectivity index (χ4v) is 2.62. The van der Waals surface area contributed by atoms with E-state index in [0.717, 1.165) is 25.7 Å². The second kappa shape index (κ2) is 3.97. The summed E-state index contributed by atoms with van der Waals surface area (Å²) in [5.74, 6) is -0.521. The van der Waals surface area contributed by atoms with Crippen LogP contribution in [0.5, 0.6) is 0 Å². The van der Waals surface area contributed by atoms with Gasteiger partial charge in [0.05, 0.1) is 12.5 Å². The largest absolute Gasteiger partial charge is 0.481 e. The Hall–Kier alpha value is -0.830. The SMILES string of the molecule is CCC/C=C\C12OC1CC[C@@H]2CC(=O)O. The highest BCUT2D eigenvalue weighted by atomic mass is 16.6. The van der Waals surface area contributed by atoms with Crippen LogP contribution in [0.1, 0.15) is 39.0 Å². The molecule has 1 N–H and O–H groups in total. The Morgan fingerprint density at radius 1 is 1.60 bits per heavy atom. The van der Waals surface area contributed by atoms with E-state index in [0.29, 0.717) is 6.10 Å². The van der Waals surface area contributed by atoms with Crippen LogP contribution in [0.15, 0.2) is 12.2 Å². The van der Waals surface area contributed by atoms with Crippen LogP contribution in [0.2, 0.25) is 0 Å². The molecule has 0 bridgehead atoms. The van der Waals surface area contributed by atoms with Gasteiger partial charge in [-0.05, 0) is 19.3 Å². The number of fused-ring (bicyclic) bond motifs is 1. The minimum atomic E-state index is -0.709. The molecule has 15 heavy (non-hydrogen) atoms. The third kappa shape index (κ3) is 1.93. The molecule has 3 heteroatoms. The quantitative estimate of drug-likeness (QED) is 0.560. The van der Waals surface area contributed by atoms with Crippen molar-refractivity contribution in [3.05, 3.63) is 12.2 Å². The van der Waals surface area contributed by atoms with Crippen LogP contribution in [0.25, 0.3) is 0 Å². The Kier molecular flexibility index (Phi) is 2.83. The Labute approximate surface area is 90.1 Å². The van der Waals surface area contributed by atoms with Crippen molar-refractivity contribution >= 4 is 5.97 Å². The van der Waals surface area contributed by atoms with Gasteiger partial charge in [-0.15, -0.1) is 0 Å². The molecule has 2 aliphatic rings. The molecular formula is C12H18O3. The van der Waals surface area contributed by atoms with E-state index in [1.54, 1.807) is 0 Å². The van der Waals surface area contributed by atoms with Gasteiger partial charge < -0.3 is 9.84 Å². The predicted molar refractivity (Wildman–Crippen MR) is 56.6 cm³/mol. The van der Waals surface area contributed by atoms with Gasteiger partial charge in [-0.3, -0.25) is 4.79 Å². The van der Waals surface area contributed by atoms with E-state index in [9.17, 15) is 4.79 Å². The van der Waals surface area contributed by atoms with Gasteiger partial charge in [-0.2, -0.15) is 0 Å². The first kappa shape index (κ1) is 10.7. The van der Waals surface area contributed by atoms with Crippen LogP contribution < -0.4 is 0 Å². The zero-order chi connectivity index (χ0) is 10.9. The fraction of sp³-hybridized carbons (Fsp3) is 0.750. The van der Waals surface area contributed by atoms with E-state index in [1.165, 1.54) is 0 Å². The van der Waals surface area contributed by atoms with E-state index in [-0.39, 0.29) is 17.9 Å². The lowest BCUT2D eigenvalue weighted by Gasteiger charge is -2.15. The van der Waals surface area contributed by atoms with Gasteiger partial charge >= 0.3 is 5.97 Å². The molecule has 1 saturated carbocycles. The summed E-state index contributed by atoms with van der Waals surface area (Å²) >= 11 is 0. The van der Waals surface area contributed by atoms with Crippen LogP contribution >= 0.6 is 0 Å². The molecule has 1 aliphatic heterocycles. The zero-order valence-electron chi connectivity index (χ0n) is 9.11. The maximum Gasteiger partial charge on any atom is 0.303 e. The van der Waals surface area contributed by atoms with Gasteiger partial charge in [0.1, 0.15) is 5.60 Å². The topological polar surface area (TPSA) is 49.8 Å². The van der Waals surface area contributed by atoms with Crippen molar-refractivity contribution in [1.29, 1.82) is 0 Å². The molecule has 0 aromatic rings. The van der Waals surface area contributed by atoms with Crippen LogP contribution in [-0.2, 0) is 9.53 Å². The average molecular weight is 210 g/mol. The van der Waals surface area contributed by atoms with Gasteiger partial charge in [-0.1, -0.05) is 25.5 Å². The summed E-state index contributed by atoms with van der Waals surface area (Å²) in [6, 6.07) is 0. The van der Waals surface area contributed by atoms with E-state index in [4.69, 9.17) is 9.84 Å². The molecule has 3 nitrogen and oxygen atoms in total. The normalized spacial score (nSPS) is 38.2. The number of hydrogen-bond donors (Lipinski definition) is 1. The number of unbranched alkanes of at least 4 members (excludes halogenated alkanes) is 1. The number of aliphatic carboxylic acids is 1. The minimum Gasteiger partial charge on any atom is -0.481 e. The van der Waals surface area contributed by atoms with Crippen molar-refractivity contribution in [3.8, 4) is 0 Å². The molecule has 3 atom stereocenters. The molecule has 2 unspecified atom stereocenters. The molecule has 0 radical (unpaired) electrons. The van der Waals surface area contributed by atoms with Crippen molar-refractivity contribution < 1.29 is 14.6 Å². The van der Waals surface area contributed by atoms with Crippen LogP contribution in [0.3, 0.4) is 0 Å². The Morgan fingerprint density at radius 3 is 3.00 bits per heavy atom. The standard InChI is InChI=1S/C12H18O3/c1-2-3-4-7-12-9(8-11(13)14)5-6-10(12)15-12/h4,7,9-10H,2-3,5-6,8H2,1H3,(H,13,14)/b7-4-/t9-,10?,12?/m1/s1. The minimum absolute atomic E-state index is 0.188. The molecule has 2 fully saturated rings. The highest BCUT2D eigenvalue weighted by Gasteiger charge is 2.63. The van der Waals surface area contributed by atoms with Gasteiger partial charge in [0.2, 0.25) is 0 Å². The summed E-state index contributed by atoms with van der Waals surface area (Å²) in [5.41, 5.74) is -0.201. The first-order chi connectivity index (χ1) is 7.19. The second-order valence-electron chi connectivity index (χ2n) is 4.52. The fourth-order valence-electron chi connectivity index (χ4n) is 2.62. The lowest BCUT2D eigenvalue weighted by molar-refractivity contribution is -0.138. The lowest BCUT2D eigenvalue weighted by Crippen LogP contribution is -2.22. The third-order valence-corrected chi connectivity index (χ3v) is 3.46.